The van der Waals surface area contributed by atoms with Crippen LogP contribution in [-0.2, 0) is 20.7 Å². The van der Waals surface area contributed by atoms with E-state index < -0.39 is 11.9 Å². The summed E-state index contributed by atoms with van der Waals surface area (Å²) in [6, 6.07) is 8.04. The molecule has 1 N–H and O–H groups in total. The molecule has 0 aliphatic carbocycles. The van der Waals surface area contributed by atoms with Gasteiger partial charge in [-0.2, -0.15) is 0 Å². The molecule has 5 rings (SSSR count). The van der Waals surface area contributed by atoms with Gasteiger partial charge in [0.25, 0.3) is 0 Å². The first-order valence-electron chi connectivity index (χ1n) is 10.6. The Morgan fingerprint density at radius 2 is 2.13 bits per heavy atom. The topological polar surface area (TPSA) is 90.4 Å². The number of aromatic nitrogens is 1. The van der Waals surface area contributed by atoms with Gasteiger partial charge >= 0.3 is 5.97 Å². The van der Waals surface area contributed by atoms with Crippen LogP contribution in [0.2, 0.25) is 0 Å². The molecule has 0 amide bonds. The van der Waals surface area contributed by atoms with E-state index in [4.69, 9.17) is 23.9 Å². The predicted molar refractivity (Wildman–Crippen MR) is 113 cm³/mol. The van der Waals surface area contributed by atoms with Gasteiger partial charge in [0.05, 0.1) is 23.9 Å². The van der Waals surface area contributed by atoms with Crippen molar-refractivity contribution in [3.05, 3.63) is 36.0 Å². The second-order valence-corrected chi connectivity index (χ2v) is 8.47. The van der Waals surface area contributed by atoms with E-state index in [9.17, 15) is 9.90 Å². The number of fused-ring (bicyclic) bond motifs is 1. The van der Waals surface area contributed by atoms with Crippen molar-refractivity contribution in [3.8, 4) is 22.8 Å². The first kappa shape index (κ1) is 20.1. The van der Waals surface area contributed by atoms with Gasteiger partial charge in [0.15, 0.2) is 11.5 Å². The van der Waals surface area contributed by atoms with Gasteiger partial charge in [0.2, 0.25) is 6.79 Å². The number of benzene rings is 1. The van der Waals surface area contributed by atoms with Gasteiger partial charge < -0.3 is 29.0 Å². The van der Waals surface area contributed by atoms with E-state index in [-0.39, 0.29) is 19.0 Å². The molecule has 4 heterocycles. The number of ether oxygens (including phenoxy) is 4. The van der Waals surface area contributed by atoms with E-state index in [1.165, 1.54) is 0 Å². The molecule has 31 heavy (non-hydrogen) atoms. The van der Waals surface area contributed by atoms with Crippen LogP contribution >= 0.6 is 0 Å². The van der Waals surface area contributed by atoms with Crippen molar-refractivity contribution >= 4 is 11.7 Å². The average Bonchev–Trinajstić information content (AvgIpc) is 3.40. The fraction of sp³-hybridized carbons (Fsp3) is 0.478. The lowest BCUT2D eigenvalue weighted by Gasteiger charge is -2.49. The molecule has 0 bridgehead atoms. The van der Waals surface area contributed by atoms with Crippen molar-refractivity contribution in [1.29, 1.82) is 0 Å². The quantitative estimate of drug-likeness (QED) is 0.676. The number of aliphatic carboxylic acids is 1. The van der Waals surface area contributed by atoms with Crippen LogP contribution in [0.15, 0.2) is 30.5 Å². The van der Waals surface area contributed by atoms with Gasteiger partial charge in [0.1, 0.15) is 5.60 Å². The Labute approximate surface area is 180 Å². The maximum absolute atomic E-state index is 11.3. The summed E-state index contributed by atoms with van der Waals surface area (Å²) in [6.45, 7) is 2.55. The highest BCUT2D eigenvalue weighted by Gasteiger charge is 2.52. The molecule has 0 saturated carbocycles. The van der Waals surface area contributed by atoms with Gasteiger partial charge in [-0.1, -0.05) is 0 Å². The van der Waals surface area contributed by atoms with Crippen molar-refractivity contribution in [2.24, 2.45) is 5.92 Å². The zero-order valence-corrected chi connectivity index (χ0v) is 17.5. The van der Waals surface area contributed by atoms with E-state index in [2.05, 4.69) is 11.0 Å². The van der Waals surface area contributed by atoms with Crippen LogP contribution < -0.4 is 14.4 Å². The maximum Gasteiger partial charge on any atom is 0.308 e. The van der Waals surface area contributed by atoms with Crippen LogP contribution in [-0.4, -0.2) is 61.9 Å². The minimum Gasteiger partial charge on any atom is -0.481 e. The number of carboxylic acid groups (broad SMARTS) is 1. The summed E-state index contributed by atoms with van der Waals surface area (Å²) in [5, 5.41) is 9.32. The first-order valence-corrected chi connectivity index (χ1v) is 10.6. The standard InChI is InChI=1S/C23H26N2O6/c1-28-6-2-3-15-7-18(25-12-23(13-25)9-17(11-31-23)22(26)27)21(24-10-15)16-4-5-19-20(8-16)30-14-29-19/h4-5,7-8,10,17H,2-3,6,9,11-14H2,1H3,(H,26,27). The van der Waals surface area contributed by atoms with Gasteiger partial charge in [-0.05, 0) is 49.1 Å². The molecular weight excluding hydrogens is 400 g/mol. The summed E-state index contributed by atoms with van der Waals surface area (Å²) in [7, 11) is 1.71. The summed E-state index contributed by atoms with van der Waals surface area (Å²) < 4.78 is 22.1. The lowest BCUT2D eigenvalue weighted by molar-refractivity contribution is -0.141. The Hall–Kier alpha value is -2.84. The summed E-state index contributed by atoms with van der Waals surface area (Å²) in [6.07, 6.45) is 4.28. The average molecular weight is 426 g/mol. The predicted octanol–water partition coefficient (Wildman–Crippen LogP) is 2.74. The van der Waals surface area contributed by atoms with Crippen LogP contribution in [0.3, 0.4) is 0 Å². The number of carboxylic acids is 1. The molecule has 164 valence electrons. The number of anilines is 1. The smallest absolute Gasteiger partial charge is 0.308 e. The molecule has 2 fully saturated rings. The molecule has 3 aliphatic rings. The Kier molecular flexibility index (Phi) is 5.19. The Morgan fingerprint density at radius 1 is 1.29 bits per heavy atom. The number of carbonyl (C=O) groups is 1. The largest absolute Gasteiger partial charge is 0.481 e. The Morgan fingerprint density at radius 3 is 2.90 bits per heavy atom. The molecule has 0 radical (unpaired) electrons. The monoisotopic (exact) mass is 426 g/mol. The number of rotatable bonds is 7. The number of methoxy groups -OCH3 is 1. The van der Waals surface area contributed by atoms with E-state index in [1.54, 1.807) is 7.11 Å². The van der Waals surface area contributed by atoms with Crippen LogP contribution in [0.4, 0.5) is 5.69 Å². The molecule has 8 heteroatoms. The van der Waals surface area contributed by atoms with Crippen molar-refractivity contribution in [1.82, 2.24) is 4.98 Å². The summed E-state index contributed by atoms with van der Waals surface area (Å²) in [5.41, 5.74) is 3.63. The number of hydrogen-bond acceptors (Lipinski definition) is 7. The van der Waals surface area contributed by atoms with Gasteiger partial charge in [0, 0.05) is 38.6 Å². The number of aryl methyl sites for hydroxylation is 1. The normalized spacial score (nSPS) is 20.8. The molecule has 8 nitrogen and oxygen atoms in total. The van der Waals surface area contributed by atoms with Gasteiger partial charge in [-0.25, -0.2) is 0 Å². The highest BCUT2D eigenvalue weighted by molar-refractivity contribution is 5.78. The highest BCUT2D eigenvalue weighted by Crippen LogP contribution is 2.44. The third kappa shape index (κ3) is 3.81. The fourth-order valence-electron chi connectivity index (χ4n) is 4.60. The fourth-order valence-corrected chi connectivity index (χ4v) is 4.60. The molecule has 1 spiro atoms. The number of pyridine rings is 1. The molecule has 2 aromatic rings. The lowest BCUT2D eigenvalue weighted by Crippen LogP contribution is -2.62. The van der Waals surface area contributed by atoms with Crippen molar-refractivity contribution in [2.75, 3.05) is 45.1 Å². The van der Waals surface area contributed by atoms with Gasteiger partial charge in [-0.15, -0.1) is 0 Å². The zero-order chi connectivity index (χ0) is 21.4. The first-order chi connectivity index (χ1) is 15.1. The Balaban J connectivity index is 1.42. The number of hydrogen-bond donors (Lipinski definition) is 1. The Bertz CT molecular complexity index is 988. The van der Waals surface area contributed by atoms with Gasteiger partial charge in [-0.3, -0.25) is 9.78 Å². The van der Waals surface area contributed by atoms with Crippen LogP contribution in [0.1, 0.15) is 18.4 Å². The molecule has 1 aromatic heterocycles. The second kappa shape index (κ2) is 8.01. The molecule has 3 aliphatic heterocycles. The molecule has 1 unspecified atom stereocenters. The molecule has 2 saturated heterocycles. The van der Waals surface area contributed by atoms with E-state index in [0.717, 1.165) is 46.8 Å². The molecular formula is C23H26N2O6. The second-order valence-electron chi connectivity index (χ2n) is 8.47. The number of nitrogens with zero attached hydrogens (tertiary/aromatic N) is 2. The van der Waals surface area contributed by atoms with Crippen molar-refractivity contribution < 1.29 is 28.8 Å². The lowest BCUT2D eigenvalue weighted by atomic mass is 9.86. The third-order valence-electron chi connectivity index (χ3n) is 6.24. The zero-order valence-electron chi connectivity index (χ0n) is 17.5. The molecule has 1 atom stereocenters. The van der Waals surface area contributed by atoms with Crippen LogP contribution in [0.5, 0.6) is 11.5 Å². The van der Waals surface area contributed by atoms with E-state index >= 15 is 0 Å². The molecule has 1 aromatic carbocycles. The minimum atomic E-state index is -0.779. The van der Waals surface area contributed by atoms with E-state index in [0.29, 0.717) is 26.1 Å². The van der Waals surface area contributed by atoms with Crippen LogP contribution in [0.25, 0.3) is 11.3 Å². The summed E-state index contributed by atoms with van der Waals surface area (Å²) >= 11 is 0. The van der Waals surface area contributed by atoms with E-state index in [1.807, 2.05) is 24.4 Å². The van der Waals surface area contributed by atoms with Crippen molar-refractivity contribution in [3.63, 3.8) is 0 Å². The SMILES string of the molecule is COCCCc1cnc(-c2ccc3c(c2)OCO3)c(N2CC3(CC(C(=O)O)CO3)C2)c1. The highest BCUT2D eigenvalue weighted by atomic mass is 16.7. The maximum atomic E-state index is 11.3. The van der Waals surface area contributed by atoms with Crippen LogP contribution in [0, 0.1) is 5.92 Å². The summed E-state index contributed by atoms with van der Waals surface area (Å²) in [5.74, 6) is 0.258. The minimum absolute atomic E-state index is 0.230. The third-order valence-corrected chi connectivity index (χ3v) is 6.24. The summed E-state index contributed by atoms with van der Waals surface area (Å²) in [4.78, 5) is 18.4. The van der Waals surface area contributed by atoms with Crippen molar-refractivity contribution in [2.45, 2.75) is 24.9 Å².